The molecular weight excluding hydrogens is 198 g/mol. The molecule has 0 aromatic heterocycles. The van der Waals surface area contributed by atoms with E-state index >= 15 is 0 Å². The van der Waals surface area contributed by atoms with E-state index in [0.29, 0.717) is 18.4 Å². The molecule has 0 fully saturated rings. The van der Waals surface area contributed by atoms with Crippen LogP contribution >= 0.6 is 0 Å². The van der Waals surface area contributed by atoms with E-state index in [0.717, 1.165) is 19.4 Å². The van der Waals surface area contributed by atoms with Crippen molar-refractivity contribution in [3.8, 4) is 0 Å². The molecule has 0 aliphatic carbocycles. The minimum atomic E-state index is 0.314. The Balaban J connectivity index is 2.20. The van der Waals surface area contributed by atoms with Crippen LogP contribution in [0, 0.1) is 5.92 Å². The number of hydrogen-bond acceptors (Lipinski definition) is 2. The highest BCUT2D eigenvalue weighted by Crippen LogP contribution is 2.39. The van der Waals surface area contributed by atoms with Crippen LogP contribution in [0.4, 0.5) is 5.69 Å². The third kappa shape index (κ3) is 2.07. The number of aliphatic hydroxyl groups is 1. The molecule has 2 heteroatoms. The number of fused-ring (bicyclic) bond motifs is 1. The van der Waals surface area contributed by atoms with Crippen LogP contribution < -0.4 is 4.90 Å². The summed E-state index contributed by atoms with van der Waals surface area (Å²) in [7, 11) is 2.16. The maximum Gasteiger partial charge on any atom is 0.0431 e. The average Bonchev–Trinajstić information content (AvgIpc) is 2.32. The Hall–Kier alpha value is -1.02. The summed E-state index contributed by atoms with van der Waals surface area (Å²) in [5.41, 5.74) is 2.83. The lowest BCUT2D eigenvalue weighted by molar-refractivity contribution is 0.263. The van der Waals surface area contributed by atoms with Gasteiger partial charge < -0.3 is 10.0 Å². The van der Waals surface area contributed by atoms with Crippen molar-refractivity contribution in [3.63, 3.8) is 0 Å². The minimum absolute atomic E-state index is 0.314. The van der Waals surface area contributed by atoms with Crippen molar-refractivity contribution in [2.45, 2.75) is 25.7 Å². The van der Waals surface area contributed by atoms with E-state index in [2.05, 4.69) is 43.1 Å². The van der Waals surface area contributed by atoms with Crippen LogP contribution in [0.25, 0.3) is 0 Å². The van der Waals surface area contributed by atoms with Gasteiger partial charge in [0.25, 0.3) is 0 Å². The number of nitrogens with zero attached hydrogens (tertiary/aromatic N) is 1. The molecule has 0 radical (unpaired) electrons. The molecule has 1 aliphatic rings. The number of hydrogen-bond donors (Lipinski definition) is 1. The number of aliphatic hydroxyl groups excluding tert-OH is 1. The van der Waals surface area contributed by atoms with Crippen molar-refractivity contribution in [1.82, 2.24) is 0 Å². The van der Waals surface area contributed by atoms with Gasteiger partial charge in [-0.3, -0.25) is 0 Å². The fourth-order valence-corrected chi connectivity index (χ4v) is 2.78. The molecule has 2 nitrogen and oxygen atoms in total. The monoisotopic (exact) mass is 219 g/mol. The second kappa shape index (κ2) is 4.88. The van der Waals surface area contributed by atoms with Gasteiger partial charge in [-0.25, -0.2) is 0 Å². The first-order chi connectivity index (χ1) is 7.74. The summed E-state index contributed by atoms with van der Waals surface area (Å²) in [6.07, 6.45) is 2.04. The summed E-state index contributed by atoms with van der Waals surface area (Å²) in [6.45, 7) is 3.74. The summed E-state index contributed by atoms with van der Waals surface area (Å²) in [5.74, 6) is 1.28. The largest absolute Gasteiger partial charge is 0.396 e. The summed E-state index contributed by atoms with van der Waals surface area (Å²) < 4.78 is 0. The Kier molecular flexibility index (Phi) is 3.49. The predicted octanol–water partition coefficient (Wildman–Crippen LogP) is 2.63. The van der Waals surface area contributed by atoms with Gasteiger partial charge in [-0.05, 0) is 36.3 Å². The molecule has 0 saturated carbocycles. The molecule has 1 heterocycles. The van der Waals surface area contributed by atoms with Crippen LogP contribution in [0.1, 0.15) is 31.2 Å². The van der Waals surface area contributed by atoms with Crippen LogP contribution in [0.2, 0.25) is 0 Å². The molecule has 0 saturated heterocycles. The van der Waals surface area contributed by atoms with E-state index < -0.39 is 0 Å². The van der Waals surface area contributed by atoms with E-state index in [-0.39, 0.29) is 0 Å². The average molecular weight is 219 g/mol. The predicted molar refractivity (Wildman–Crippen MR) is 67.9 cm³/mol. The van der Waals surface area contributed by atoms with E-state index in [1.807, 2.05) is 0 Å². The molecule has 1 aromatic carbocycles. The molecule has 1 aliphatic heterocycles. The number of rotatable bonds is 3. The van der Waals surface area contributed by atoms with Crippen LogP contribution in [-0.4, -0.2) is 25.3 Å². The zero-order valence-corrected chi connectivity index (χ0v) is 10.2. The van der Waals surface area contributed by atoms with Crippen molar-refractivity contribution < 1.29 is 5.11 Å². The maximum atomic E-state index is 8.93. The highest BCUT2D eigenvalue weighted by atomic mass is 16.2. The standard InChI is InChI=1S/C14H21NO/c1-11-12(6-5-9-16)10-15(2)14-8-4-3-7-13(11)14/h3-4,7-8,11-12,16H,5-6,9-10H2,1-2H3. The number of benzene rings is 1. The minimum Gasteiger partial charge on any atom is -0.396 e. The normalized spacial score (nSPS) is 24.3. The summed E-state index contributed by atoms with van der Waals surface area (Å²) in [4.78, 5) is 2.34. The quantitative estimate of drug-likeness (QED) is 0.844. The van der Waals surface area contributed by atoms with Gasteiger partial charge in [-0.2, -0.15) is 0 Å². The van der Waals surface area contributed by atoms with Gasteiger partial charge in [0, 0.05) is 25.9 Å². The first-order valence-electron chi connectivity index (χ1n) is 6.15. The Morgan fingerprint density at radius 2 is 2.12 bits per heavy atom. The smallest absolute Gasteiger partial charge is 0.0431 e. The third-order valence-corrected chi connectivity index (χ3v) is 3.79. The molecule has 2 atom stereocenters. The second-order valence-corrected chi connectivity index (χ2v) is 4.85. The Morgan fingerprint density at radius 3 is 2.88 bits per heavy atom. The molecular formula is C14H21NO. The summed E-state index contributed by atoms with van der Waals surface area (Å²) >= 11 is 0. The molecule has 2 rings (SSSR count). The van der Waals surface area contributed by atoms with E-state index in [1.54, 1.807) is 0 Å². The lowest BCUT2D eigenvalue weighted by Gasteiger charge is -2.38. The van der Waals surface area contributed by atoms with Gasteiger partial charge in [0.1, 0.15) is 0 Å². The van der Waals surface area contributed by atoms with Crippen LogP contribution in [0.15, 0.2) is 24.3 Å². The topological polar surface area (TPSA) is 23.5 Å². The van der Waals surface area contributed by atoms with E-state index in [4.69, 9.17) is 5.11 Å². The lowest BCUT2D eigenvalue weighted by atomic mass is 9.80. The Labute approximate surface area is 97.9 Å². The van der Waals surface area contributed by atoms with Crippen LogP contribution in [-0.2, 0) is 0 Å². The molecule has 16 heavy (non-hydrogen) atoms. The number of anilines is 1. The summed E-state index contributed by atoms with van der Waals surface area (Å²) in [6, 6.07) is 8.67. The fraction of sp³-hybridized carbons (Fsp3) is 0.571. The van der Waals surface area contributed by atoms with Crippen molar-refractivity contribution in [3.05, 3.63) is 29.8 Å². The molecule has 0 amide bonds. The molecule has 2 unspecified atom stereocenters. The van der Waals surface area contributed by atoms with Crippen molar-refractivity contribution in [2.75, 3.05) is 25.1 Å². The number of para-hydroxylation sites is 1. The highest BCUT2D eigenvalue weighted by Gasteiger charge is 2.27. The molecule has 0 spiro atoms. The van der Waals surface area contributed by atoms with Gasteiger partial charge in [-0.15, -0.1) is 0 Å². The van der Waals surface area contributed by atoms with Crippen molar-refractivity contribution >= 4 is 5.69 Å². The van der Waals surface area contributed by atoms with Crippen LogP contribution in [0.5, 0.6) is 0 Å². The fourth-order valence-electron chi connectivity index (χ4n) is 2.78. The van der Waals surface area contributed by atoms with Crippen molar-refractivity contribution in [2.24, 2.45) is 5.92 Å². The van der Waals surface area contributed by atoms with E-state index in [1.165, 1.54) is 11.3 Å². The van der Waals surface area contributed by atoms with Crippen molar-refractivity contribution in [1.29, 1.82) is 0 Å². The van der Waals surface area contributed by atoms with Gasteiger partial charge in [0.05, 0.1) is 0 Å². The first-order valence-corrected chi connectivity index (χ1v) is 6.15. The molecule has 88 valence electrons. The Bertz CT molecular complexity index is 350. The highest BCUT2D eigenvalue weighted by molar-refractivity contribution is 5.56. The molecule has 1 aromatic rings. The Morgan fingerprint density at radius 1 is 1.38 bits per heavy atom. The maximum absolute atomic E-state index is 8.93. The summed E-state index contributed by atoms with van der Waals surface area (Å²) in [5, 5.41) is 8.93. The zero-order chi connectivity index (χ0) is 11.5. The zero-order valence-electron chi connectivity index (χ0n) is 10.2. The van der Waals surface area contributed by atoms with E-state index in [9.17, 15) is 0 Å². The lowest BCUT2D eigenvalue weighted by Crippen LogP contribution is -2.34. The van der Waals surface area contributed by atoms with Gasteiger partial charge in [0.15, 0.2) is 0 Å². The van der Waals surface area contributed by atoms with Gasteiger partial charge in [0.2, 0.25) is 0 Å². The second-order valence-electron chi connectivity index (χ2n) is 4.85. The molecule has 1 N–H and O–H groups in total. The van der Waals surface area contributed by atoms with Gasteiger partial charge >= 0.3 is 0 Å². The van der Waals surface area contributed by atoms with Crippen LogP contribution in [0.3, 0.4) is 0 Å². The molecule has 0 bridgehead atoms. The third-order valence-electron chi connectivity index (χ3n) is 3.79. The SMILES string of the molecule is CC1c2ccccc2N(C)CC1CCCO. The van der Waals surface area contributed by atoms with Gasteiger partial charge in [-0.1, -0.05) is 25.1 Å². The first kappa shape index (κ1) is 11.5.